The van der Waals surface area contributed by atoms with Crippen molar-refractivity contribution in [2.75, 3.05) is 13.2 Å². The Kier molecular flexibility index (Phi) is 9.14. The molecule has 0 spiro atoms. The number of nitrogens with one attached hydrogen (secondary N) is 3. The Bertz CT molecular complexity index is 801. The number of carboxylic acid groups (broad SMARTS) is 1. The quantitative estimate of drug-likeness (QED) is 0.230. The number of aromatic amines is 1. The summed E-state index contributed by atoms with van der Waals surface area (Å²) >= 11 is 0. The van der Waals surface area contributed by atoms with Crippen molar-refractivity contribution in [3.63, 3.8) is 0 Å². The summed E-state index contributed by atoms with van der Waals surface area (Å²) in [7, 11) is 0. The van der Waals surface area contributed by atoms with Crippen LogP contribution < -0.4 is 16.4 Å². The van der Waals surface area contributed by atoms with Crippen LogP contribution in [0.15, 0.2) is 12.5 Å². The lowest BCUT2D eigenvalue weighted by Gasteiger charge is -2.28. The highest BCUT2D eigenvalue weighted by atomic mass is 16.4. The van der Waals surface area contributed by atoms with E-state index in [4.69, 9.17) is 5.73 Å². The summed E-state index contributed by atoms with van der Waals surface area (Å²) in [6.45, 7) is 3.24. The Morgan fingerprint density at radius 2 is 1.97 bits per heavy atom. The number of hydrogen-bond donors (Lipinski definition) is 6. The van der Waals surface area contributed by atoms with E-state index in [0.29, 0.717) is 25.0 Å². The van der Waals surface area contributed by atoms with Gasteiger partial charge in [-0.3, -0.25) is 14.4 Å². The molecule has 0 saturated carbocycles. The van der Waals surface area contributed by atoms with Crippen molar-refractivity contribution < 1.29 is 29.4 Å². The Morgan fingerprint density at radius 1 is 1.28 bits per heavy atom. The minimum absolute atomic E-state index is 0.0336. The molecule has 5 atom stereocenters. The molecule has 32 heavy (non-hydrogen) atoms. The van der Waals surface area contributed by atoms with Crippen LogP contribution in [0.5, 0.6) is 0 Å². The predicted octanol–water partition coefficient (Wildman–Crippen LogP) is -1.64. The summed E-state index contributed by atoms with van der Waals surface area (Å²) in [6, 6.07) is -4.25. The zero-order valence-electron chi connectivity index (χ0n) is 18.3. The van der Waals surface area contributed by atoms with Gasteiger partial charge in [-0.2, -0.15) is 0 Å². The average molecular weight is 453 g/mol. The number of hydrogen-bond acceptors (Lipinski definition) is 7. The van der Waals surface area contributed by atoms with Crippen molar-refractivity contribution in [2.24, 2.45) is 11.7 Å². The molecule has 0 aromatic carbocycles. The van der Waals surface area contributed by atoms with E-state index in [9.17, 15) is 29.4 Å². The van der Waals surface area contributed by atoms with Gasteiger partial charge in [0.15, 0.2) is 0 Å². The zero-order valence-corrected chi connectivity index (χ0v) is 18.3. The zero-order chi connectivity index (χ0) is 23.8. The Hall–Kier alpha value is -2.99. The molecule has 1 aromatic rings. The van der Waals surface area contributed by atoms with Crippen LogP contribution in [-0.2, 0) is 25.6 Å². The van der Waals surface area contributed by atoms with Gasteiger partial charge < -0.3 is 36.5 Å². The fourth-order valence-corrected chi connectivity index (χ4v) is 3.55. The predicted molar refractivity (Wildman–Crippen MR) is 113 cm³/mol. The minimum Gasteiger partial charge on any atom is -0.480 e. The SMILES string of the molecule is CCC(C)C(N)C(=O)NC(CO)C(=O)NC(Cc1cnc[nH]1)C(=O)N1CCCC1C(=O)O. The number of amides is 3. The summed E-state index contributed by atoms with van der Waals surface area (Å²) in [5, 5.41) is 24.0. The molecule has 3 amide bonds. The average Bonchev–Trinajstić information content (AvgIpc) is 3.47. The van der Waals surface area contributed by atoms with E-state index in [1.54, 1.807) is 6.92 Å². The highest BCUT2D eigenvalue weighted by molar-refractivity contribution is 5.94. The van der Waals surface area contributed by atoms with E-state index in [-0.39, 0.29) is 18.9 Å². The number of aromatic nitrogens is 2. The van der Waals surface area contributed by atoms with Crippen LogP contribution in [-0.4, -0.2) is 86.1 Å². The molecule has 2 rings (SSSR count). The molecule has 12 heteroatoms. The molecule has 12 nitrogen and oxygen atoms in total. The summed E-state index contributed by atoms with van der Waals surface area (Å²) in [5.41, 5.74) is 6.44. The third-order valence-corrected chi connectivity index (χ3v) is 5.79. The molecule has 7 N–H and O–H groups in total. The third kappa shape index (κ3) is 6.26. The van der Waals surface area contributed by atoms with E-state index in [2.05, 4.69) is 20.6 Å². The first kappa shape index (κ1) is 25.3. The maximum Gasteiger partial charge on any atom is 0.326 e. The number of H-pyrrole nitrogens is 1. The van der Waals surface area contributed by atoms with Gasteiger partial charge in [-0.15, -0.1) is 0 Å². The highest BCUT2D eigenvalue weighted by Crippen LogP contribution is 2.19. The topological polar surface area (TPSA) is 191 Å². The van der Waals surface area contributed by atoms with Gasteiger partial charge >= 0.3 is 5.97 Å². The van der Waals surface area contributed by atoms with Gasteiger partial charge in [-0.05, 0) is 18.8 Å². The van der Waals surface area contributed by atoms with Crippen LogP contribution in [0.25, 0.3) is 0 Å². The fraction of sp³-hybridized carbons (Fsp3) is 0.650. The Balaban J connectivity index is 2.15. The van der Waals surface area contributed by atoms with Crippen molar-refractivity contribution in [1.82, 2.24) is 25.5 Å². The standard InChI is InChI=1S/C20H32N6O6/c1-3-11(2)16(21)18(29)25-14(9-27)17(28)24-13(7-12-8-22-10-23-12)19(30)26-6-4-5-15(26)20(31)32/h8,10-11,13-16,27H,3-7,9,21H2,1-2H3,(H,22,23)(H,24,28)(H,25,29)(H,31,32). The number of nitrogens with two attached hydrogens (primary N) is 1. The Morgan fingerprint density at radius 3 is 2.53 bits per heavy atom. The van der Waals surface area contributed by atoms with Gasteiger partial charge in [0.2, 0.25) is 17.7 Å². The van der Waals surface area contributed by atoms with Crippen molar-refractivity contribution in [2.45, 2.75) is 63.7 Å². The first-order valence-corrected chi connectivity index (χ1v) is 10.7. The monoisotopic (exact) mass is 452 g/mol. The summed E-state index contributed by atoms with van der Waals surface area (Å²) in [5.74, 6) is -3.16. The molecule has 1 aliphatic heterocycles. The van der Waals surface area contributed by atoms with Crippen molar-refractivity contribution in [3.05, 3.63) is 18.2 Å². The number of aliphatic carboxylic acids is 1. The second-order valence-corrected chi connectivity index (χ2v) is 8.03. The first-order valence-electron chi connectivity index (χ1n) is 10.7. The van der Waals surface area contributed by atoms with Gasteiger partial charge in [-0.1, -0.05) is 20.3 Å². The normalized spacial score (nSPS) is 19.6. The second kappa shape index (κ2) is 11.6. The molecule has 1 aliphatic rings. The number of carbonyl (C=O) groups is 4. The lowest BCUT2D eigenvalue weighted by Crippen LogP contribution is -2.59. The first-order chi connectivity index (χ1) is 15.2. The minimum atomic E-state index is -1.32. The number of likely N-dealkylation sites (tertiary alicyclic amines) is 1. The molecule has 1 fully saturated rings. The number of carbonyl (C=O) groups excluding carboxylic acids is 3. The van der Waals surface area contributed by atoms with E-state index >= 15 is 0 Å². The maximum atomic E-state index is 13.1. The molecule has 5 unspecified atom stereocenters. The fourth-order valence-electron chi connectivity index (χ4n) is 3.55. The Labute approximate surface area is 185 Å². The molecule has 0 radical (unpaired) electrons. The molecular weight excluding hydrogens is 420 g/mol. The van der Waals surface area contributed by atoms with E-state index in [1.165, 1.54) is 17.4 Å². The highest BCUT2D eigenvalue weighted by Gasteiger charge is 2.38. The van der Waals surface area contributed by atoms with Crippen molar-refractivity contribution in [1.29, 1.82) is 0 Å². The number of aliphatic hydroxyl groups excluding tert-OH is 1. The number of aliphatic hydroxyl groups is 1. The summed E-state index contributed by atoms with van der Waals surface area (Å²) in [4.78, 5) is 57.8. The van der Waals surface area contributed by atoms with Crippen LogP contribution in [0.1, 0.15) is 38.8 Å². The van der Waals surface area contributed by atoms with Gasteiger partial charge in [0.25, 0.3) is 0 Å². The largest absolute Gasteiger partial charge is 0.480 e. The summed E-state index contributed by atoms with van der Waals surface area (Å²) in [6.07, 6.45) is 4.46. The van der Waals surface area contributed by atoms with E-state index < -0.39 is 54.5 Å². The van der Waals surface area contributed by atoms with Gasteiger partial charge in [-0.25, -0.2) is 9.78 Å². The van der Waals surface area contributed by atoms with E-state index in [1.807, 2.05) is 6.92 Å². The second-order valence-electron chi connectivity index (χ2n) is 8.03. The molecule has 0 aliphatic carbocycles. The number of carboxylic acids is 1. The lowest BCUT2D eigenvalue weighted by atomic mass is 9.99. The number of imidazole rings is 1. The smallest absolute Gasteiger partial charge is 0.326 e. The van der Waals surface area contributed by atoms with Crippen LogP contribution >= 0.6 is 0 Å². The molecule has 1 aromatic heterocycles. The lowest BCUT2D eigenvalue weighted by molar-refractivity contribution is -0.149. The molecular formula is C20H32N6O6. The van der Waals surface area contributed by atoms with Crippen molar-refractivity contribution >= 4 is 23.7 Å². The van der Waals surface area contributed by atoms with Gasteiger partial charge in [0, 0.05) is 24.9 Å². The van der Waals surface area contributed by atoms with Gasteiger partial charge in [0.1, 0.15) is 18.1 Å². The summed E-state index contributed by atoms with van der Waals surface area (Å²) < 4.78 is 0. The molecule has 178 valence electrons. The van der Waals surface area contributed by atoms with Crippen LogP contribution in [0.2, 0.25) is 0 Å². The van der Waals surface area contributed by atoms with Crippen LogP contribution in [0.3, 0.4) is 0 Å². The number of rotatable bonds is 11. The number of nitrogens with zero attached hydrogens (tertiary/aromatic N) is 2. The molecule has 2 heterocycles. The third-order valence-electron chi connectivity index (χ3n) is 5.79. The molecule has 0 bridgehead atoms. The van der Waals surface area contributed by atoms with Crippen molar-refractivity contribution in [3.8, 4) is 0 Å². The maximum absolute atomic E-state index is 13.1. The van der Waals surface area contributed by atoms with Crippen LogP contribution in [0.4, 0.5) is 0 Å². The molecule has 1 saturated heterocycles. The van der Waals surface area contributed by atoms with Gasteiger partial charge in [0.05, 0.1) is 19.0 Å². The van der Waals surface area contributed by atoms with E-state index in [0.717, 1.165) is 0 Å². The van der Waals surface area contributed by atoms with Crippen LogP contribution in [0, 0.1) is 5.92 Å².